The maximum Gasteiger partial charge on any atom is 0.394 e. The van der Waals surface area contributed by atoms with E-state index in [1.54, 1.807) is 0 Å². The van der Waals surface area contributed by atoms with E-state index in [0.29, 0.717) is 6.42 Å². The van der Waals surface area contributed by atoms with Gasteiger partial charge in [0, 0.05) is 30.6 Å². The number of hydrogen-bond acceptors (Lipinski definition) is 5. The zero-order valence-electron chi connectivity index (χ0n) is 16.4. The van der Waals surface area contributed by atoms with E-state index in [4.69, 9.17) is 23.3 Å². The molecule has 0 aliphatic rings. The summed E-state index contributed by atoms with van der Waals surface area (Å²) >= 11 is 0. The summed E-state index contributed by atoms with van der Waals surface area (Å²) in [7, 11) is -2.75. The topological polar surface area (TPSA) is 172 Å². The van der Waals surface area contributed by atoms with Crippen LogP contribution in [0.2, 0.25) is 0 Å². The molecule has 2 atom stereocenters. The second kappa shape index (κ2) is 10.3. The molecule has 6 N–H and O–H groups in total. The van der Waals surface area contributed by atoms with E-state index in [9.17, 15) is 14.7 Å². The highest BCUT2D eigenvalue weighted by Crippen LogP contribution is 2.21. The molecule has 1 amide bonds. The summed E-state index contributed by atoms with van der Waals surface area (Å²) in [5.74, 6) is -1.21. The number of nitrogens with two attached hydrogens (primary N) is 1. The molecule has 0 saturated heterocycles. The molecular formula is C18H27N3O7S. The van der Waals surface area contributed by atoms with Crippen molar-refractivity contribution in [1.82, 2.24) is 9.88 Å². The molecule has 0 aliphatic carbocycles. The Labute approximate surface area is 169 Å². The Kier molecular flexibility index (Phi) is 8.77. The van der Waals surface area contributed by atoms with E-state index >= 15 is 0 Å². The van der Waals surface area contributed by atoms with Crippen molar-refractivity contribution in [3.05, 3.63) is 36.0 Å². The van der Waals surface area contributed by atoms with Crippen molar-refractivity contribution < 1.29 is 32.2 Å². The number of hydrogen-bond donors (Lipinski definition) is 5. The first-order chi connectivity index (χ1) is 13.3. The summed E-state index contributed by atoms with van der Waals surface area (Å²) in [5, 5.41) is 13.0. The van der Waals surface area contributed by atoms with Crippen LogP contribution >= 0.6 is 0 Å². The van der Waals surface area contributed by atoms with Crippen LogP contribution in [0.5, 0.6) is 0 Å². The van der Waals surface area contributed by atoms with Crippen molar-refractivity contribution in [3.8, 4) is 0 Å². The Morgan fingerprint density at radius 3 is 2.28 bits per heavy atom. The lowest BCUT2D eigenvalue weighted by molar-refractivity contribution is -0.142. The van der Waals surface area contributed by atoms with Crippen molar-refractivity contribution in [2.45, 2.75) is 38.8 Å². The molecule has 0 fully saturated rings. The monoisotopic (exact) mass is 429 g/mol. The standard InChI is InChI=1S/C18H25N3O3.H2O4S/c1-11(2)8-14(19)17(22)20-15(18(23)24)9-12-10-21(3)16-7-5-4-6-13(12)16;1-5(2,3)4/h4-7,10-11,14-15H,8-9,19H2,1-3H3,(H,20,22)(H,23,24);(H2,1,2,3,4)/t14-,15+;/m0./s1. The van der Waals surface area contributed by atoms with Crippen LogP contribution in [0, 0.1) is 5.92 Å². The Bertz CT molecular complexity index is 946. The lowest BCUT2D eigenvalue weighted by atomic mass is 10.0. The van der Waals surface area contributed by atoms with Crippen molar-refractivity contribution in [2.75, 3.05) is 0 Å². The Balaban J connectivity index is 0.000000749. The van der Waals surface area contributed by atoms with Gasteiger partial charge in [0.25, 0.3) is 0 Å². The van der Waals surface area contributed by atoms with Crippen LogP contribution in [0.25, 0.3) is 10.9 Å². The van der Waals surface area contributed by atoms with E-state index in [0.717, 1.165) is 16.5 Å². The lowest BCUT2D eigenvalue weighted by Crippen LogP contribution is -2.49. The second-order valence-electron chi connectivity index (χ2n) is 7.07. The third-order valence-electron chi connectivity index (χ3n) is 4.08. The lowest BCUT2D eigenvalue weighted by Gasteiger charge is -2.18. The summed E-state index contributed by atoms with van der Waals surface area (Å²) in [6, 6.07) is 6.09. The van der Waals surface area contributed by atoms with Gasteiger partial charge in [-0.2, -0.15) is 8.42 Å². The predicted molar refractivity (Wildman–Crippen MR) is 108 cm³/mol. The fraction of sp³-hybridized carbons (Fsp3) is 0.444. The Hall–Kier alpha value is -2.47. The van der Waals surface area contributed by atoms with Crippen molar-refractivity contribution >= 4 is 33.2 Å². The smallest absolute Gasteiger partial charge is 0.394 e. The highest BCUT2D eigenvalue weighted by molar-refractivity contribution is 7.79. The molecular weight excluding hydrogens is 402 g/mol. The van der Waals surface area contributed by atoms with E-state index in [-0.39, 0.29) is 12.3 Å². The highest BCUT2D eigenvalue weighted by atomic mass is 32.3. The molecule has 0 bridgehead atoms. The van der Waals surface area contributed by atoms with Gasteiger partial charge in [0.1, 0.15) is 6.04 Å². The van der Waals surface area contributed by atoms with Gasteiger partial charge in [0.2, 0.25) is 5.91 Å². The van der Waals surface area contributed by atoms with Gasteiger partial charge in [-0.15, -0.1) is 0 Å². The molecule has 0 aliphatic heterocycles. The van der Waals surface area contributed by atoms with Crippen LogP contribution in [-0.4, -0.2) is 51.2 Å². The molecule has 1 aromatic carbocycles. The molecule has 2 aromatic rings. The fourth-order valence-electron chi connectivity index (χ4n) is 2.90. The van der Waals surface area contributed by atoms with E-state index in [2.05, 4.69) is 5.32 Å². The van der Waals surface area contributed by atoms with Gasteiger partial charge in [-0.3, -0.25) is 13.9 Å². The molecule has 0 unspecified atom stereocenters. The number of aliphatic carboxylic acids is 1. The van der Waals surface area contributed by atoms with Gasteiger partial charge in [0.05, 0.1) is 6.04 Å². The zero-order valence-corrected chi connectivity index (χ0v) is 17.3. The van der Waals surface area contributed by atoms with Crippen LogP contribution in [0.15, 0.2) is 30.5 Å². The number of benzene rings is 1. The minimum absolute atomic E-state index is 0.219. The van der Waals surface area contributed by atoms with Gasteiger partial charge >= 0.3 is 16.4 Å². The van der Waals surface area contributed by atoms with Crippen molar-refractivity contribution in [3.63, 3.8) is 0 Å². The molecule has 162 valence electrons. The first kappa shape index (κ1) is 24.6. The number of nitrogens with zero attached hydrogens (tertiary/aromatic N) is 1. The molecule has 0 spiro atoms. The van der Waals surface area contributed by atoms with Gasteiger partial charge in [-0.05, 0) is 24.0 Å². The maximum atomic E-state index is 12.1. The molecule has 29 heavy (non-hydrogen) atoms. The number of amides is 1. The largest absolute Gasteiger partial charge is 0.480 e. The fourth-order valence-corrected chi connectivity index (χ4v) is 2.90. The number of carbonyl (C=O) groups excluding carboxylic acids is 1. The molecule has 11 heteroatoms. The van der Waals surface area contributed by atoms with Gasteiger partial charge in [-0.1, -0.05) is 32.0 Å². The number of fused-ring (bicyclic) bond motifs is 1. The van der Waals surface area contributed by atoms with Crippen LogP contribution < -0.4 is 11.1 Å². The van der Waals surface area contributed by atoms with E-state index in [1.807, 2.05) is 55.9 Å². The number of nitrogens with one attached hydrogen (secondary N) is 1. The Morgan fingerprint density at radius 1 is 1.21 bits per heavy atom. The quantitative estimate of drug-likeness (QED) is 0.406. The third kappa shape index (κ3) is 8.60. The van der Waals surface area contributed by atoms with Crippen LogP contribution in [0.1, 0.15) is 25.8 Å². The minimum atomic E-state index is -4.67. The normalized spacial score (nSPS) is 13.5. The Morgan fingerprint density at radius 2 is 1.76 bits per heavy atom. The van der Waals surface area contributed by atoms with Crippen LogP contribution in [-0.2, 0) is 33.5 Å². The van der Waals surface area contributed by atoms with Crippen molar-refractivity contribution in [2.24, 2.45) is 18.7 Å². The second-order valence-corrected chi connectivity index (χ2v) is 7.97. The number of aryl methyl sites for hydroxylation is 1. The number of carbonyl (C=O) groups is 2. The summed E-state index contributed by atoms with van der Waals surface area (Å²) in [6.45, 7) is 3.94. The van der Waals surface area contributed by atoms with E-state index < -0.39 is 34.4 Å². The summed E-state index contributed by atoms with van der Waals surface area (Å²) in [4.78, 5) is 23.7. The van der Waals surface area contributed by atoms with Gasteiger partial charge in [-0.25, -0.2) is 4.79 Å². The minimum Gasteiger partial charge on any atom is -0.480 e. The first-order valence-corrected chi connectivity index (χ1v) is 10.2. The summed E-state index contributed by atoms with van der Waals surface area (Å²) < 4.78 is 33.5. The molecule has 1 heterocycles. The SMILES string of the molecule is CC(C)C[C@H](N)C(=O)N[C@H](Cc1cn(C)c2ccccc12)C(=O)O.O=S(=O)(O)O. The molecule has 0 saturated carbocycles. The molecule has 1 aromatic heterocycles. The summed E-state index contributed by atoms with van der Waals surface area (Å²) in [5.41, 5.74) is 7.76. The van der Waals surface area contributed by atoms with Gasteiger partial charge in [0.15, 0.2) is 0 Å². The number of carboxylic acids is 1. The number of carboxylic acid groups (broad SMARTS) is 1. The van der Waals surface area contributed by atoms with Crippen LogP contribution in [0.3, 0.4) is 0 Å². The highest BCUT2D eigenvalue weighted by Gasteiger charge is 2.25. The molecule has 2 rings (SSSR count). The number of rotatable bonds is 7. The average Bonchev–Trinajstić information content (AvgIpc) is 2.88. The van der Waals surface area contributed by atoms with Crippen LogP contribution in [0.4, 0.5) is 0 Å². The third-order valence-corrected chi connectivity index (χ3v) is 4.08. The summed E-state index contributed by atoms with van der Waals surface area (Å²) in [6.07, 6.45) is 2.64. The average molecular weight is 429 g/mol. The number of aromatic nitrogens is 1. The molecule has 10 nitrogen and oxygen atoms in total. The van der Waals surface area contributed by atoms with E-state index in [1.165, 1.54) is 0 Å². The zero-order chi connectivity index (χ0) is 22.4. The number of para-hydroxylation sites is 1. The predicted octanol–water partition coefficient (Wildman–Crippen LogP) is 1.01. The molecule has 0 radical (unpaired) electrons. The first-order valence-electron chi connectivity index (χ1n) is 8.81. The van der Waals surface area contributed by atoms with Crippen molar-refractivity contribution in [1.29, 1.82) is 0 Å². The maximum absolute atomic E-state index is 12.1. The van der Waals surface area contributed by atoms with Gasteiger partial charge < -0.3 is 20.7 Å².